The molecule has 3 aromatic rings. The summed E-state index contributed by atoms with van der Waals surface area (Å²) in [6.45, 7) is 4.64. The van der Waals surface area contributed by atoms with Crippen molar-refractivity contribution < 1.29 is 9.47 Å². The van der Waals surface area contributed by atoms with Crippen LogP contribution in [-0.4, -0.2) is 13.3 Å². The van der Waals surface area contributed by atoms with Crippen LogP contribution in [0.5, 0.6) is 11.5 Å². The van der Waals surface area contributed by atoms with Crippen molar-refractivity contribution in [2.75, 3.05) is 7.11 Å². The molecule has 0 atom stereocenters. The Bertz CT molecular complexity index is 901. The van der Waals surface area contributed by atoms with E-state index in [4.69, 9.17) is 9.47 Å². The van der Waals surface area contributed by atoms with Gasteiger partial charge in [-0.3, -0.25) is 4.99 Å². The molecule has 0 radical (unpaired) electrons. The molecule has 0 N–H and O–H groups in total. The maximum absolute atomic E-state index is 5.90. The van der Waals surface area contributed by atoms with Crippen LogP contribution in [0.15, 0.2) is 71.7 Å². The number of benzene rings is 3. The summed E-state index contributed by atoms with van der Waals surface area (Å²) in [6, 6.07) is 22.2. The normalized spacial score (nSPS) is 10.9. The average Bonchev–Trinajstić information content (AvgIpc) is 2.68. The number of hydrogen-bond acceptors (Lipinski definition) is 3. The van der Waals surface area contributed by atoms with Gasteiger partial charge in [-0.05, 0) is 60.4 Å². The first-order valence-corrected chi connectivity index (χ1v) is 8.62. The van der Waals surface area contributed by atoms with Crippen LogP contribution < -0.4 is 9.47 Å². The summed E-state index contributed by atoms with van der Waals surface area (Å²) < 4.78 is 11.4. The Labute approximate surface area is 154 Å². The van der Waals surface area contributed by atoms with E-state index in [0.717, 1.165) is 28.1 Å². The molecule has 0 unspecified atom stereocenters. The lowest BCUT2D eigenvalue weighted by Gasteiger charge is -2.11. The largest absolute Gasteiger partial charge is 0.493 e. The third kappa shape index (κ3) is 4.51. The van der Waals surface area contributed by atoms with E-state index in [-0.39, 0.29) is 0 Å². The van der Waals surface area contributed by atoms with Crippen molar-refractivity contribution in [3.8, 4) is 11.5 Å². The lowest BCUT2D eigenvalue weighted by molar-refractivity contribution is 0.284. The van der Waals surface area contributed by atoms with Gasteiger partial charge >= 0.3 is 0 Å². The average molecular weight is 345 g/mol. The molecule has 0 aliphatic rings. The summed E-state index contributed by atoms with van der Waals surface area (Å²) in [5.41, 5.74) is 5.42. The maximum Gasteiger partial charge on any atom is 0.161 e. The van der Waals surface area contributed by atoms with E-state index in [0.29, 0.717) is 12.4 Å². The van der Waals surface area contributed by atoms with Crippen LogP contribution in [0.25, 0.3) is 0 Å². The molecular formula is C23H23NO2. The molecule has 3 aromatic carbocycles. The Balaban J connectivity index is 1.75. The highest BCUT2D eigenvalue weighted by molar-refractivity contribution is 5.83. The Hall–Kier alpha value is -3.07. The highest BCUT2D eigenvalue weighted by Gasteiger charge is 2.06. The molecule has 0 aromatic heterocycles. The number of nitrogens with zero attached hydrogens (tertiary/aromatic N) is 1. The summed E-state index contributed by atoms with van der Waals surface area (Å²) >= 11 is 0. The molecule has 0 saturated carbocycles. The summed E-state index contributed by atoms with van der Waals surface area (Å²) in [4.78, 5) is 4.61. The third-order valence-corrected chi connectivity index (χ3v) is 4.14. The SMILES string of the molecule is COc1cc(C=Nc2cc(C)ccc2C)ccc1OCc1ccccc1. The quantitative estimate of drug-likeness (QED) is 0.541. The van der Waals surface area contributed by atoms with E-state index in [2.05, 4.69) is 37.0 Å². The second-order valence-corrected chi connectivity index (χ2v) is 6.23. The first-order chi connectivity index (χ1) is 12.7. The molecule has 3 nitrogen and oxygen atoms in total. The van der Waals surface area contributed by atoms with Gasteiger partial charge < -0.3 is 9.47 Å². The fourth-order valence-corrected chi connectivity index (χ4v) is 2.62. The predicted molar refractivity (Wildman–Crippen MR) is 107 cm³/mol. The maximum atomic E-state index is 5.90. The van der Waals surface area contributed by atoms with E-state index in [1.165, 1.54) is 5.56 Å². The van der Waals surface area contributed by atoms with Crippen LogP contribution in [0.3, 0.4) is 0 Å². The summed E-state index contributed by atoms with van der Waals surface area (Å²) in [5, 5.41) is 0. The van der Waals surface area contributed by atoms with Gasteiger partial charge in [0.15, 0.2) is 11.5 Å². The molecule has 132 valence electrons. The Morgan fingerprint density at radius 3 is 2.46 bits per heavy atom. The van der Waals surface area contributed by atoms with Gasteiger partial charge in [0.1, 0.15) is 6.61 Å². The standard InChI is InChI=1S/C23H23NO2/c1-17-9-10-18(2)21(13-17)24-15-20-11-12-22(23(14-20)25-3)26-16-19-7-5-4-6-8-19/h4-15H,16H2,1-3H3. The number of ether oxygens (including phenoxy) is 2. The van der Waals surface area contributed by atoms with Crippen molar-refractivity contribution in [3.05, 3.63) is 89.0 Å². The first kappa shape index (κ1) is 17.7. The highest BCUT2D eigenvalue weighted by atomic mass is 16.5. The van der Waals surface area contributed by atoms with Gasteiger partial charge in [0, 0.05) is 6.21 Å². The third-order valence-electron chi connectivity index (χ3n) is 4.14. The molecular weight excluding hydrogens is 322 g/mol. The number of aliphatic imine (C=N–C) groups is 1. The molecule has 26 heavy (non-hydrogen) atoms. The van der Waals surface area contributed by atoms with Crippen LogP contribution in [-0.2, 0) is 6.61 Å². The van der Waals surface area contributed by atoms with Gasteiger partial charge in [0.05, 0.1) is 12.8 Å². The summed E-state index contributed by atoms with van der Waals surface area (Å²) in [6.07, 6.45) is 1.85. The van der Waals surface area contributed by atoms with Crippen LogP contribution in [0, 0.1) is 13.8 Å². The van der Waals surface area contributed by atoms with Crippen LogP contribution in [0.2, 0.25) is 0 Å². The second-order valence-electron chi connectivity index (χ2n) is 6.23. The molecule has 0 fully saturated rings. The lowest BCUT2D eigenvalue weighted by atomic mass is 10.1. The number of aryl methyl sites for hydroxylation is 2. The van der Waals surface area contributed by atoms with E-state index in [9.17, 15) is 0 Å². The first-order valence-electron chi connectivity index (χ1n) is 8.62. The number of methoxy groups -OCH3 is 1. The Morgan fingerprint density at radius 1 is 0.885 bits per heavy atom. The van der Waals surface area contributed by atoms with Crippen LogP contribution in [0.1, 0.15) is 22.3 Å². The minimum absolute atomic E-state index is 0.507. The highest BCUT2D eigenvalue weighted by Crippen LogP contribution is 2.29. The summed E-state index contributed by atoms with van der Waals surface area (Å²) in [5.74, 6) is 1.42. The molecule has 0 bridgehead atoms. The fraction of sp³-hybridized carbons (Fsp3) is 0.174. The van der Waals surface area contributed by atoms with Crippen molar-refractivity contribution in [2.24, 2.45) is 4.99 Å². The van der Waals surface area contributed by atoms with E-state index in [1.807, 2.05) is 54.7 Å². The van der Waals surface area contributed by atoms with E-state index >= 15 is 0 Å². The molecule has 0 saturated heterocycles. The second kappa shape index (κ2) is 8.34. The lowest BCUT2D eigenvalue weighted by Crippen LogP contribution is -1.98. The Morgan fingerprint density at radius 2 is 1.69 bits per heavy atom. The van der Waals surface area contributed by atoms with Crippen LogP contribution in [0.4, 0.5) is 5.69 Å². The molecule has 0 amide bonds. The monoisotopic (exact) mass is 345 g/mol. The van der Waals surface area contributed by atoms with Gasteiger partial charge in [-0.1, -0.05) is 42.5 Å². The van der Waals surface area contributed by atoms with Gasteiger partial charge in [0.2, 0.25) is 0 Å². The minimum Gasteiger partial charge on any atom is -0.493 e. The number of hydrogen-bond donors (Lipinski definition) is 0. The van der Waals surface area contributed by atoms with Crippen molar-refractivity contribution >= 4 is 11.9 Å². The zero-order chi connectivity index (χ0) is 18.4. The summed E-state index contributed by atoms with van der Waals surface area (Å²) in [7, 11) is 1.65. The van der Waals surface area contributed by atoms with E-state index in [1.54, 1.807) is 7.11 Å². The molecule has 0 spiro atoms. The van der Waals surface area contributed by atoms with Crippen molar-refractivity contribution in [1.82, 2.24) is 0 Å². The molecule has 0 aliphatic carbocycles. The fourth-order valence-electron chi connectivity index (χ4n) is 2.62. The molecule has 3 heteroatoms. The number of rotatable bonds is 6. The zero-order valence-electron chi connectivity index (χ0n) is 15.4. The topological polar surface area (TPSA) is 30.8 Å². The van der Waals surface area contributed by atoms with Gasteiger partial charge in [0.25, 0.3) is 0 Å². The smallest absolute Gasteiger partial charge is 0.161 e. The Kier molecular flexibility index (Phi) is 5.69. The van der Waals surface area contributed by atoms with E-state index < -0.39 is 0 Å². The van der Waals surface area contributed by atoms with Crippen LogP contribution >= 0.6 is 0 Å². The predicted octanol–water partition coefficient (Wildman–Crippen LogP) is 5.64. The van der Waals surface area contributed by atoms with Crippen molar-refractivity contribution in [3.63, 3.8) is 0 Å². The molecule has 0 heterocycles. The van der Waals surface area contributed by atoms with Gasteiger partial charge in [-0.25, -0.2) is 0 Å². The van der Waals surface area contributed by atoms with Gasteiger partial charge in [-0.2, -0.15) is 0 Å². The minimum atomic E-state index is 0.507. The molecule has 0 aliphatic heterocycles. The van der Waals surface area contributed by atoms with Gasteiger partial charge in [-0.15, -0.1) is 0 Å². The molecule has 3 rings (SSSR count). The van der Waals surface area contributed by atoms with Crippen molar-refractivity contribution in [2.45, 2.75) is 20.5 Å². The zero-order valence-corrected chi connectivity index (χ0v) is 15.4. The van der Waals surface area contributed by atoms with Crippen molar-refractivity contribution in [1.29, 1.82) is 0 Å².